The van der Waals surface area contributed by atoms with E-state index in [0.717, 1.165) is 5.56 Å². The fourth-order valence-corrected chi connectivity index (χ4v) is 1.81. The molecule has 7 nitrogen and oxygen atoms in total. The number of carboxylic acid groups (broad SMARTS) is 1. The van der Waals surface area contributed by atoms with Crippen molar-refractivity contribution in [3.63, 3.8) is 0 Å². The van der Waals surface area contributed by atoms with Crippen LogP contribution in [-0.2, 0) is 20.9 Å². The number of aliphatic carboxylic acids is 1. The fraction of sp³-hybridized carbons (Fsp3) is 0.500. The van der Waals surface area contributed by atoms with Crippen LogP contribution in [0.15, 0.2) is 24.3 Å². The summed E-state index contributed by atoms with van der Waals surface area (Å²) >= 11 is 0. The molecule has 0 unspecified atom stereocenters. The van der Waals surface area contributed by atoms with Gasteiger partial charge in [-0.25, -0.2) is 0 Å². The molecule has 0 bridgehead atoms. The Bertz CT molecular complexity index is 590. The number of amides is 2. The quantitative estimate of drug-likeness (QED) is 0.588. The summed E-state index contributed by atoms with van der Waals surface area (Å²) in [5.74, 6) is -0.620. The van der Waals surface area contributed by atoms with Gasteiger partial charge in [-0.3, -0.25) is 14.4 Å². The van der Waals surface area contributed by atoms with Gasteiger partial charge in [0.1, 0.15) is 5.75 Å². The van der Waals surface area contributed by atoms with Crippen molar-refractivity contribution in [1.29, 1.82) is 0 Å². The van der Waals surface area contributed by atoms with Gasteiger partial charge in [-0.2, -0.15) is 0 Å². The van der Waals surface area contributed by atoms with Crippen LogP contribution in [0.2, 0.25) is 0 Å². The molecule has 0 radical (unpaired) electrons. The zero-order valence-electron chi connectivity index (χ0n) is 14.9. The third kappa shape index (κ3) is 8.74. The van der Waals surface area contributed by atoms with Gasteiger partial charge in [-0.15, -0.1) is 0 Å². The minimum atomic E-state index is -0.839. The Morgan fingerprint density at radius 3 is 2.28 bits per heavy atom. The zero-order chi connectivity index (χ0) is 18.9. The highest BCUT2D eigenvalue weighted by Gasteiger charge is 2.21. The van der Waals surface area contributed by atoms with Gasteiger partial charge >= 0.3 is 5.97 Å². The molecule has 0 saturated carbocycles. The minimum Gasteiger partial charge on any atom is -0.494 e. The molecule has 25 heavy (non-hydrogen) atoms. The predicted octanol–water partition coefficient (Wildman–Crippen LogP) is 1.71. The van der Waals surface area contributed by atoms with Crippen LogP contribution in [0, 0.1) is 5.41 Å². The van der Waals surface area contributed by atoms with E-state index in [0.29, 0.717) is 25.3 Å². The molecule has 3 N–H and O–H groups in total. The number of rotatable bonds is 9. The van der Waals surface area contributed by atoms with E-state index in [-0.39, 0.29) is 24.8 Å². The Morgan fingerprint density at radius 1 is 1.08 bits per heavy atom. The summed E-state index contributed by atoms with van der Waals surface area (Å²) in [6, 6.07) is 7.17. The van der Waals surface area contributed by atoms with E-state index in [2.05, 4.69) is 10.6 Å². The number of hydrogen-bond donors (Lipinski definition) is 3. The van der Waals surface area contributed by atoms with E-state index in [1.807, 2.05) is 12.1 Å². The second kappa shape index (κ2) is 9.66. The van der Waals surface area contributed by atoms with Gasteiger partial charge < -0.3 is 20.5 Å². The molecule has 0 spiro atoms. The van der Waals surface area contributed by atoms with Gasteiger partial charge in [0.05, 0.1) is 13.2 Å². The summed E-state index contributed by atoms with van der Waals surface area (Å²) in [7, 11) is 0. The van der Waals surface area contributed by atoms with Crippen LogP contribution in [0.1, 0.15) is 39.2 Å². The first-order chi connectivity index (χ1) is 11.7. The van der Waals surface area contributed by atoms with Crippen LogP contribution in [-0.4, -0.2) is 36.0 Å². The van der Waals surface area contributed by atoms with Gasteiger partial charge in [-0.1, -0.05) is 32.9 Å². The molecule has 7 heteroatoms. The second-order valence-corrected chi connectivity index (χ2v) is 6.70. The number of nitrogens with one attached hydrogen (secondary N) is 2. The average Bonchev–Trinajstić information content (AvgIpc) is 2.54. The maximum Gasteiger partial charge on any atom is 0.303 e. The fourth-order valence-electron chi connectivity index (χ4n) is 1.81. The number of hydrogen-bond acceptors (Lipinski definition) is 4. The van der Waals surface area contributed by atoms with E-state index in [4.69, 9.17) is 9.84 Å². The Kier molecular flexibility index (Phi) is 7.91. The molecule has 1 aromatic rings. The van der Waals surface area contributed by atoms with Gasteiger partial charge in [0.15, 0.2) is 0 Å². The first-order valence-corrected chi connectivity index (χ1v) is 8.17. The Balaban J connectivity index is 2.30. The molecule has 2 amide bonds. The molecule has 0 aliphatic rings. The van der Waals surface area contributed by atoms with Crippen molar-refractivity contribution in [1.82, 2.24) is 10.6 Å². The van der Waals surface area contributed by atoms with E-state index >= 15 is 0 Å². The third-order valence-corrected chi connectivity index (χ3v) is 3.31. The lowest BCUT2D eigenvalue weighted by atomic mass is 9.96. The first kappa shape index (κ1) is 20.5. The van der Waals surface area contributed by atoms with Crippen molar-refractivity contribution >= 4 is 17.8 Å². The van der Waals surface area contributed by atoms with E-state index in [9.17, 15) is 14.4 Å². The molecule has 0 atom stereocenters. The lowest BCUT2D eigenvalue weighted by molar-refractivity contribution is -0.137. The molecule has 0 aromatic heterocycles. The maximum atomic E-state index is 11.7. The largest absolute Gasteiger partial charge is 0.494 e. The lowest BCUT2D eigenvalue weighted by Crippen LogP contribution is -2.41. The van der Waals surface area contributed by atoms with Crippen LogP contribution in [0.25, 0.3) is 0 Å². The second-order valence-electron chi connectivity index (χ2n) is 6.70. The summed E-state index contributed by atoms with van der Waals surface area (Å²) in [5, 5.41) is 13.9. The first-order valence-electron chi connectivity index (χ1n) is 8.17. The van der Waals surface area contributed by atoms with Crippen molar-refractivity contribution < 1.29 is 24.2 Å². The monoisotopic (exact) mass is 350 g/mol. The Labute approximate surface area is 147 Å². The van der Waals surface area contributed by atoms with Crippen molar-refractivity contribution in [2.75, 3.05) is 13.2 Å². The predicted molar refractivity (Wildman–Crippen MR) is 93.1 cm³/mol. The molecule has 0 saturated heterocycles. The molecule has 0 aliphatic heterocycles. The summed E-state index contributed by atoms with van der Waals surface area (Å²) in [5.41, 5.74) is 0.369. The van der Waals surface area contributed by atoms with Crippen molar-refractivity contribution in [3.8, 4) is 5.75 Å². The van der Waals surface area contributed by atoms with Gasteiger partial charge in [0.25, 0.3) is 0 Å². The number of carbonyl (C=O) groups is 3. The molecule has 1 rings (SSSR count). The van der Waals surface area contributed by atoms with Crippen LogP contribution < -0.4 is 15.4 Å². The van der Waals surface area contributed by atoms with Gasteiger partial charge in [0.2, 0.25) is 11.8 Å². The Hall–Kier alpha value is -2.57. The molecule has 1 aromatic carbocycles. The molecular formula is C18H26N2O5. The molecule has 0 aliphatic carbocycles. The highest BCUT2D eigenvalue weighted by molar-refractivity contribution is 5.87. The van der Waals surface area contributed by atoms with E-state index < -0.39 is 11.4 Å². The maximum absolute atomic E-state index is 11.7. The van der Waals surface area contributed by atoms with Crippen LogP contribution >= 0.6 is 0 Å². The third-order valence-electron chi connectivity index (χ3n) is 3.31. The highest BCUT2D eigenvalue weighted by Crippen LogP contribution is 2.13. The number of carbonyl (C=O) groups excluding carboxylic acids is 2. The van der Waals surface area contributed by atoms with Crippen molar-refractivity contribution in [2.45, 2.75) is 40.2 Å². The standard InChI is InChI=1S/C18H26N2O5/c1-18(2,3)17(24)20-12-15(21)19-11-13-6-8-14(9-7-13)25-10-4-5-16(22)23/h6-9H,4-5,10-12H2,1-3H3,(H,19,21)(H,20,24)(H,22,23). The Morgan fingerprint density at radius 2 is 1.72 bits per heavy atom. The molecule has 0 heterocycles. The van der Waals surface area contributed by atoms with Gasteiger partial charge in [-0.05, 0) is 24.1 Å². The van der Waals surface area contributed by atoms with E-state index in [1.54, 1.807) is 32.9 Å². The summed E-state index contributed by atoms with van der Waals surface area (Å²) in [4.78, 5) is 33.8. The number of carboxylic acids is 1. The molecule has 0 fully saturated rings. The van der Waals surface area contributed by atoms with E-state index in [1.165, 1.54) is 0 Å². The SMILES string of the molecule is CC(C)(C)C(=O)NCC(=O)NCc1ccc(OCCCC(=O)O)cc1. The van der Waals surface area contributed by atoms with Crippen LogP contribution in [0.3, 0.4) is 0 Å². The zero-order valence-corrected chi connectivity index (χ0v) is 14.9. The number of benzene rings is 1. The topological polar surface area (TPSA) is 105 Å². The highest BCUT2D eigenvalue weighted by atomic mass is 16.5. The smallest absolute Gasteiger partial charge is 0.303 e. The minimum absolute atomic E-state index is 0.0547. The molecular weight excluding hydrogens is 324 g/mol. The average molecular weight is 350 g/mol. The van der Waals surface area contributed by atoms with Gasteiger partial charge in [0, 0.05) is 18.4 Å². The molecule has 138 valence electrons. The van der Waals surface area contributed by atoms with Crippen molar-refractivity contribution in [2.24, 2.45) is 5.41 Å². The van der Waals surface area contributed by atoms with Crippen molar-refractivity contribution in [3.05, 3.63) is 29.8 Å². The summed E-state index contributed by atoms with van der Waals surface area (Å²) in [6.07, 6.45) is 0.531. The van der Waals surface area contributed by atoms with Crippen LogP contribution in [0.5, 0.6) is 5.75 Å². The normalized spacial score (nSPS) is 10.8. The van der Waals surface area contributed by atoms with Crippen LogP contribution in [0.4, 0.5) is 0 Å². The lowest BCUT2D eigenvalue weighted by Gasteiger charge is -2.17. The summed E-state index contributed by atoms with van der Waals surface area (Å²) in [6.45, 7) is 5.99. The number of ether oxygens (including phenoxy) is 1. The summed E-state index contributed by atoms with van der Waals surface area (Å²) < 4.78 is 5.44.